The highest BCUT2D eigenvalue weighted by molar-refractivity contribution is 5.79. The van der Waals surface area contributed by atoms with E-state index in [9.17, 15) is 14.9 Å². The molecular weight excluding hydrogens is 318 g/mol. The summed E-state index contributed by atoms with van der Waals surface area (Å²) < 4.78 is 5.49. The van der Waals surface area contributed by atoms with Crippen LogP contribution in [0.25, 0.3) is 0 Å². The maximum absolute atomic E-state index is 12.6. The summed E-state index contributed by atoms with van der Waals surface area (Å²) in [6.45, 7) is 7.40. The maximum atomic E-state index is 12.6. The Morgan fingerprint density at radius 3 is 2.56 bits per heavy atom. The van der Waals surface area contributed by atoms with Gasteiger partial charge >= 0.3 is 5.97 Å². The van der Waals surface area contributed by atoms with Crippen molar-refractivity contribution in [3.8, 4) is 12.3 Å². The third kappa shape index (κ3) is 5.92. The first kappa shape index (κ1) is 20.2. The number of carbonyl (C=O) groups excluding carboxylic acids is 1. The van der Waals surface area contributed by atoms with Crippen molar-refractivity contribution in [3.63, 3.8) is 0 Å². The highest BCUT2D eigenvalue weighted by Gasteiger charge is 2.25. The van der Waals surface area contributed by atoms with Crippen LogP contribution < -0.4 is 0 Å². The van der Waals surface area contributed by atoms with Crippen LogP contribution in [0.3, 0.4) is 0 Å². The third-order valence-electron chi connectivity index (χ3n) is 3.77. The van der Waals surface area contributed by atoms with Crippen LogP contribution >= 0.6 is 0 Å². The van der Waals surface area contributed by atoms with Crippen LogP contribution in [0.5, 0.6) is 0 Å². The second-order valence-corrected chi connectivity index (χ2v) is 5.65. The van der Waals surface area contributed by atoms with E-state index in [1.807, 2.05) is 19.9 Å². The lowest BCUT2D eigenvalue weighted by molar-refractivity contribution is -0.384. The van der Waals surface area contributed by atoms with Crippen molar-refractivity contribution in [2.75, 3.05) is 0 Å². The number of nitro benzene ring substituents is 1. The molecule has 0 N–H and O–H groups in total. The van der Waals surface area contributed by atoms with E-state index in [1.165, 1.54) is 12.1 Å². The van der Waals surface area contributed by atoms with Crippen LogP contribution in [0.15, 0.2) is 48.6 Å². The molecule has 2 atom stereocenters. The Morgan fingerprint density at radius 1 is 1.44 bits per heavy atom. The van der Waals surface area contributed by atoms with E-state index in [0.717, 1.165) is 12.0 Å². The van der Waals surface area contributed by atoms with Gasteiger partial charge in [0.05, 0.1) is 10.8 Å². The fraction of sp³-hybridized carbons (Fsp3) is 0.350. The number of non-ortho nitro benzene ring substituents is 1. The lowest BCUT2D eigenvalue weighted by Gasteiger charge is -2.19. The Balaban J connectivity index is 2.97. The van der Waals surface area contributed by atoms with Crippen LogP contribution in [-0.4, -0.2) is 17.0 Å². The smallest absolute Gasteiger partial charge is 0.314 e. The van der Waals surface area contributed by atoms with Gasteiger partial charge in [-0.25, -0.2) is 0 Å². The molecule has 0 aliphatic rings. The number of hydrogen-bond acceptors (Lipinski definition) is 4. The van der Waals surface area contributed by atoms with Gasteiger partial charge in [0.25, 0.3) is 5.69 Å². The normalized spacial score (nSPS) is 13.4. The van der Waals surface area contributed by atoms with Gasteiger partial charge < -0.3 is 4.74 Å². The van der Waals surface area contributed by atoms with Crippen LogP contribution in [0.4, 0.5) is 5.69 Å². The number of hydrogen-bond donors (Lipinski definition) is 0. The molecule has 0 aliphatic carbocycles. The van der Waals surface area contributed by atoms with Crippen molar-refractivity contribution < 1.29 is 14.5 Å². The average molecular weight is 341 g/mol. The quantitative estimate of drug-likeness (QED) is 0.217. The zero-order chi connectivity index (χ0) is 18.8. The van der Waals surface area contributed by atoms with Gasteiger partial charge in [-0.2, -0.15) is 0 Å². The molecule has 0 bridgehead atoms. The summed E-state index contributed by atoms with van der Waals surface area (Å²) in [5.74, 6) is 1.55. The summed E-state index contributed by atoms with van der Waals surface area (Å²) in [7, 11) is 0. The Hall–Kier alpha value is -2.87. The summed E-state index contributed by atoms with van der Waals surface area (Å²) in [5, 5.41) is 10.8. The summed E-state index contributed by atoms with van der Waals surface area (Å²) in [5.41, 5.74) is 1.44. The summed E-state index contributed by atoms with van der Waals surface area (Å²) >= 11 is 0. The molecule has 1 aromatic rings. The van der Waals surface area contributed by atoms with Gasteiger partial charge in [-0.05, 0) is 30.9 Å². The van der Waals surface area contributed by atoms with E-state index in [-0.39, 0.29) is 5.69 Å². The molecule has 5 heteroatoms. The second kappa shape index (κ2) is 10.1. The molecule has 1 rings (SSSR count). The van der Waals surface area contributed by atoms with Gasteiger partial charge in [-0.3, -0.25) is 14.9 Å². The topological polar surface area (TPSA) is 69.4 Å². The van der Waals surface area contributed by atoms with E-state index in [2.05, 4.69) is 12.5 Å². The molecule has 25 heavy (non-hydrogen) atoms. The molecule has 0 saturated heterocycles. The molecule has 2 unspecified atom stereocenters. The summed E-state index contributed by atoms with van der Waals surface area (Å²) in [4.78, 5) is 22.9. The predicted octanol–water partition coefficient (Wildman–Crippen LogP) is 4.55. The first-order chi connectivity index (χ1) is 11.9. The Kier molecular flexibility index (Phi) is 8.14. The third-order valence-corrected chi connectivity index (χ3v) is 3.77. The van der Waals surface area contributed by atoms with Crippen LogP contribution in [-0.2, 0) is 9.53 Å². The van der Waals surface area contributed by atoms with Gasteiger partial charge in [0.15, 0.2) is 6.10 Å². The molecule has 0 amide bonds. The minimum Gasteiger partial charge on any atom is -0.444 e. The second-order valence-electron chi connectivity index (χ2n) is 5.65. The maximum Gasteiger partial charge on any atom is 0.314 e. The summed E-state index contributed by atoms with van der Waals surface area (Å²) in [6.07, 6.45) is 10.3. The van der Waals surface area contributed by atoms with Gasteiger partial charge in [0.2, 0.25) is 0 Å². The van der Waals surface area contributed by atoms with Crippen LogP contribution in [0.2, 0.25) is 0 Å². The predicted molar refractivity (Wildman–Crippen MR) is 98.0 cm³/mol. The standard InChI is InChI=1S/C20H23NO4/c1-5-8-10-15(4)19(7-3)25-20(22)18(9-6-2)16-11-13-17(14-12-16)21(23)24/h3,5,10-14,18-19H,1,6,8-9H2,2,4H3. The van der Waals surface area contributed by atoms with Crippen molar-refractivity contribution in [2.24, 2.45) is 0 Å². The number of nitrogens with zero attached hydrogens (tertiary/aromatic N) is 1. The van der Waals surface area contributed by atoms with E-state index in [0.29, 0.717) is 18.4 Å². The van der Waals surface area contributed by atoms with E-state index in [1.54, 1.807) is 18.2 Å². The fourth-order valence-electron chi connectivity index (χ4n) is 2.37. The van der Waals surface area contributed by atoms with E-state index < -0.39 is 22.9 Å². The number of esters is 1. The zero-order valence-corrected chi connectivity index (χ0v) is 14.6. The first-order valence-electron chi connectivity index (χ1n) is 8.13. The number of carbonyl (C=O) groups is 1. The highest BCUT2D eigenvalue weighted by Crippen LogP contribution is 2.26. The molecule has 0 radical (unpaired) electrons. The molecule has 0 fully saturated rings. The minimum absolute atomic E-state index is 0.0166. The molecular formula is C20H23NO4. The Bertz CT molecular complexity index is 683. The average Bonchev–Trinajstić information content (AvgIpc) is 2.61. The van der Waals surface area contributed by atoms with Gasteiger partial charge in [-0.1, -0.05) is 43.5 Å². The van der Waals surface area contributed by atoms with E-state index >= 15 is 0 Å². The first-order valence-corrected chi connectivity index (χ1v) is 8.13. The number of rotatable bonds is 9. The molecule has 0 aliphatic heterocycles. The Labute approximate surface area is 148 Å². The zero-order valence-electron chi connectivity index (χ0n) is 14.6. The van der Waals surface area contributed by atoms with Gasteiger partial charge in [-0.15, -0.1) is 13.0 Å². The summed E-state index contributed by atoms with van der Waals surface area (Å²) in [6, 6.07) is 5.95. The van der Waals surface area contributed by atoms with Crippen molar-refractivity contribution in [1.29, 1.82) is 0 Å². The molecule has 132 valence electrons. The number of nitro groups is 1. The van der Waals surface area contributed by atoms with Crippen molar-refractivity contribution in [3.05, 3.63) is 64.2 Å². The number of allylic oxidation sites excluding steroid dienone is 2. The van der Waals surface area contributed by atoms with Crippen LogP contribution in [0, 0.1) is 22.5 Å². The lowest BCUT2D eigenvalue weighted by Crippen LogP contribution is -2.23. The van der Waals surface area contributed by atoms with Crippen LogP contribution in [0.1, 0.15) is 44.6 Å². The SMILES string of the molecule is C#CC(OC(=O)C(CCC)c1ccc([N+](=O)[O-])cc1)C(C)=CCC=C. The largest absolute Gasteiger partial charge is 0.444 e. The molecule has 0 saturated carbocycles. The minimum atomic E-state index is -0.732. The number of benzene rings is 1. The number of ether oxygens (including phenoxy) is 1. The molecule has 0 heterocycles. The lowest BCUT2D eigenvalue weighted by atomic mass is 9.94. The molecule has 1 aromatic carbocycles. The van der Waals surface area contributed by atoms with E-state index in [4.69, 9.17) is 11.2 Å². The van der Waals surface area contributed by atoms with Gasteiger partial charge in [0, 0.05) is 12.1 Å². The Morgan fingerprint density at radius 2 is 2.08 bits per heavy atom. The molecule has 5 nitrogen and oxygen atoms in total. The number of terminal acetylenes is 1. The van der Waals surface area contributed by atoms with Gasteiger partial charge in [0.1, 0.15) is 0 Å². The fourth-order valence-corrected chi connectivity index (χ4v) is 2.37. The van der Waals surface area contributed by atoms with Crippen molar-refractivity contribution in [2.45, 2.75) is 45.1 Å². The highest BCUT2D eigenvalue weighted by atomic mass is 16.6. The van der Waals surface area contributed by atoms with Crippen molar-refractivity contribution >= 4 is 11.7 Å². The molecule has 0 spiro atoms. The molecule has 0 aromatic heterocycles. The van der Waals surface area contributed by atoms with Crippen molar-refractivity contribution in [1.82, 2.24) is 0 Å². The monoisotopic (exact) mass is 341 g/mol.